The maximum atomic E-state index is 5.70. The summed E-state index contributed by atoms with van der Waals surface area (Å²) in [4.78, 5) is 5.08. The molecule has 0 saturated heterocycles. The molecule has 66 valence electrons. The van der Waals surface area contributed by atoms with Gasteiger partial charge in [0.25, 0.3) is 0 Å². The molecule has 0 bridgehead atoms. The van der Waals surface area contributed by atoms with E-state index in [0.29, 0.717) is 5.82 Å². The van der Waals surface area contributed by atoms with E-state index >= 15 is 0 Å². The lowest BCUT2D eigenvalue weighted by atomic mass is 10.3. The predicted octanol–water partition coefficient (Wildman–Crippen LogP) is 2.55. The van der Waals surface area contributed by atoms with Crippen molar-refractivity contribution in [2.75, 3.05) is 5.73 Å². The molecule has 0 radical (unpaired) electrons. The SMILES string of the molecule is CC(C)(C)Sc1cccnc1N. The van der Waals surface area contributed by atoms with Gasteiger partial charge >= 0.3 is 0 Å². The maximum absolute atomic E-state index is 5.70. The highest BCUT2D eigenvalue weighted by Gasteiger charge is 2.13. The fourth-order valence-corrected chi connectivity index (χ4v) is 1.78. The lowest BCUT2D eigenvalue weighted by Gasteiger charge is -2.17. The number of nitrogens with two attached hydrogens (primary N) is 1. The van der Waals surface area contributed by atoms with E-state index in [4.69, 9.17) is 5.73 Å². The van der Waals surface area contributed by atoms with Gasteiger partial charge in [0.05, 0.1) is 4.90 Å². The van der Waals surface area contributed by atoms with E-state index < -0.39 is 0 Å². The van der Waals surface area contributed by atoms with Gasteiger partial charge < -0.3 is 5.73 Å². The maximum Gasteiger partial charge on any atom is 0.137 e. The minimum atomic E-state index is 0.192. The quantitative estimate of drug-likeness (QED) is 0.678. The Morgan fingerprint density at radius 2 is 2.08 bits per heavy atom. The Balaban J connectivity index is 2.83. The number of anilines is 1. The van der Waals surface area contributed by atoms with E-state index in [2.05, 4.69) is 25.8 Å². The summed E-state index contributed by atoms with van der Waals surface area (Å²) in [6.45, 7) is 6.47. The third kappa shape index (κ3) is 2.74. The average Bonchev–Trinajstić information content (AvgIpc) is 1.91. The van der Waals surface area contributed by atoms with Crippen molar-refractivity contribution in [1.29, 1.82) is 0 Å². The molecule has 1 aromatic rings. The lowest BCUT2D eigenvalue weighted by molar-refractivity contribution is 0.802. The summed E-state index contributed by atoms with van der Waals surface area (Å²) in [5.41, 5.74) is 5.70. The van der Waals surface area contributed by atoms with E-state index in [0.717, 1.165) is 4.90 Å². The van der Waals surface area contributed by atoms with Crippen molar-refractivity contribution in [3.05, 3.63) is 18.3 Å². The first-order valence-corrected chi connectivity index (χ1v) is 4.70. The fourth-order valence-electron chi connectivity index (χ4n) is 0.819. The minimum Gasteiger partial charge on any atom is -0.383 e. The van der Waals surface area contributed by atoms with Crippen molar-refractivity contribution in [3.63, 3.8) is 0 Å². The van der Waals surface area contributed by atoms with E-state index in [1.54, 1.807) is 18.0 Å². The number of rotatable bonds is 1. The Hall–Kier alpha value is -0.700. The number of hydrogen-bond acceptors (Lipinski definition) is 3. The normalized spacial score (nSPS) is 11.6. The monoisotopic (exact) mass is 182 g/mol. The summed E-state index contributed by atoms with van der Waals surface area (Å²) in [6, 6.07) is 3.91. The van der Waals surface area contributed by atoms with Crippen molar-refractivity contribution < 1.29 is 0 Å². The van der Waals surface area contributed by atoms with Crippen molar-refractivity contribution >= 4 is 17.6 Å². The van der Waals surface area contributed by atoms with Gasteiger partial charge in [0.2, 0.25) is 0 Å². The second kappa shape index (κ2) is 3.35. The van der Waals surface area contributed by atoms with Crippen LogP contribution in [-0.2, 0) is 0 Å². The van der Waals surface area contributed by atoms with Gasteiger partial charge in [-0.1, -0.05) is 20.8 Å². The van der Waals surface area contributed by atoms with Crippen LogP contribution in [0.25, 0.3) is 0 Å². The summed E-state index contributed by atoms with van der Waals surface area (Å²) in [5, 5.41) is 0. The Morgan fingerprint density at radius 1 is 1.42 bits per heavy atom. The first-order chi connectivity index (χ1) is 5.49. The third-order valence-electron chi connectivity index (χ3n) is 1.22. The van der Waals surface area contributed by atoms with Crippen molar-refractivity contribution in [3.8, 4) is 0 Å². The summed E-state index contributed by atoms with van der Waals surface area (Å²) in [6.07, 6.45) is 1.71. The predicted molar refractivity (Wildman–Crippen MR) is 54.3 cm³/mol. The van der Waals surface area contributed by atoms with Gasteiger partial charge in [-0.05, 0) is 12.1 Å². The van der Waals surface area contributed by atoms with Gasteiger partial charge in [0, 0.05) is 10.9 Å². The number of nitrogens with zero attached hydrogens (tertiary/aromatic N) is 1. The summed E-state index contributed by atoms with van der Waals surface area (Å²) in [7, 11) is 0. The third-order valence-corrected chi connectivity index (χ3v) is 2.39. The number of thioether (sulfide) groups is 1. The molecule has 0 atom stereocenters. The lowest BCUT2D eigenvalue weighted by Crippen LogP contribution is -2.07. The zero-order valence-electron chi connectivity index (χ0n) is 7.66. The Morgan fingerprint density at radius 3 is 2.58 bits per heavy atom. The highest BCUT2D eigenvalue weighted by molar-refractivity contribution is 8.00. The van der Waals surface area contributed by atoms with Crippen molar-refractivity contribution in [1.82, 2.24) is 4.98 Å². The van der Waals surface area contributed by atoms with E-state index in [-0.39, 0.29) is 4.75 Å². The topological polar surface area (TPSA) is 38.9 Å². The molecular formula is C9H14N2S. The molecule has 1 aromatic heterocycles. The van der Waals surface area contributed by atoms with Gasteiger partial charge in [-0.2, -0.15) is 0 Å². The summed E-state index contributed by atoms with van der Waals surface area (Å²) in [5.74, 6) is 0.623. The molecule has 12 heavy (non-hydrogen) atoms. The van der Waals surface area contributed by atoms with E-state index in [1.165, 1.54) is 0 Å². The molecule has 1 heterocycles. The van der Waals surface area contributed by atoms with Crippen LogP contribution < -0.4 is 5.73 Å². The second-order valence-electron chi connectivity index (χ2n) is 3.60. The van der Waals surface area contributed by atoms with Crippen LogP contribution in [0.4, 0.5) is 5.82 Å². The smallest absolute Gasteiger partial charge is 0.137 e. The summed E-state index contributed by atoms with van der Waals surface area (Å²) >= 11 is 1.74. The Bertz CT molecular complexity index is 265. The number of aromatic nitrogens is 1. The molecule has 0 saturated carbocycles. The van der Waals surface area contributed by atoms with Crippen LogP contribution in [0.3, 0.4) is 0 Å². The Kier molecular flexibility index (Phi) is 2.62. The molecule has 0 aliphatic heterocycles. The zero-order valence-corrected chi connectivity index (χ0v) is 8.48. The summed E-state index contributed by atoms with van der Waals surface area (Å²) < 4.78 is 0.192. The van der Waals surface area contributed by atoms with E-state index in [1.807, 2.05) is 12.1 Å². The first-order valence-electron chi connectivity index (χ1n) is 3.88. The molecule has 2 nitrogen and oxygen atoms in total. The molecule has 2 N–H and O–H groups in total. The van der Waals surface area contributed by atoms with Gasteiger partial charge in [-0.3, -0.25) is 0 Å². The van der Waals surface area contributed by atoms with Crippen LogP contribution in [0.15, 0.2) is 23.2 Å². The average molecular weight is 182 g/mol. The van der Waals surface area contributed by atoms with Gasteiger partial charge in [-0.25, -0.2) is 4.98 Å². The molecule has 0 aromatic carbocycles. The molecule has 3 heteroatoms. The van der Waals surface area contributed by atoms with Crippen LogP contribution in [0.1, 0.15) is 20.8 Å². The van der Waals surface area contributed by atoms with Crippen molar-refractivity contribution in [2.45, 2.75) is 30.4 Å². The van der Waals surface area contributed by atoms with E-state index in [9.17, 15) is 0 Å². The number of nitrogen functional groups attached to an aromatic ring is 1. The van der Waals surface area contributed by atoms with Gasteiger partial charge in [0.15, 0.2) is 0 Å². The minimum absolute atomic E-state index is 0.192. The molecular weight excluding hydrogens is 168 g/mol. The van der Waals surface area contributed by atoms with Crippen LogP contribution in [-0.4, -0.2) is 9.73 Å². The molecule has 0 aliphatic carbocycles. The highest BCUT2D eigenvalue weighted by atomic mass is 32.2. The van der Waals surface area contributed by atoms with Crippen LogP contribution in [0, 0.1) is 0 Å². The van der Waals surface area contributed by atoms with Crippen LogP contribution in [0.5, 0.6) is 0 Å². The molecule has 0 aliphatic rings. The first kappa shape index (κ1) is 9.39. The number of hydrogen-bond donors (Lipinski definition) is 1. The highest BCUT2D eigenvalue weighted by Crippen LogP contribution is 2.33. The molecule has 1 rings (SSSR count). The largest absolute Gasteiger partial charge is 0.383 e. The second-order valence-corrected chi connectivity index (χ2v) is 5.47. The molecule has 0 unspecified atom stereocenters. The van der Waals surface area contributed by atoms with Crippen LogP contribution in [0.2, 0.25) is 0 Å². The number of pyridine rings is 1. The standard InChI is InChI=1S/C9H14N2S/c1-9(2,3)12-7-5-4-6-11-8(7)10/h4-6H,1-3H3,(H2,10,11). The van der Waals surface area contributed by atoms with Gasteiger partial charge in [-0.15, -0.1) is 11.8 Å². The Labute approximate surface area is 77.6 Å². The molecule has 0 fully saturated rings. The zero-order chi connectivity index (χ0) is 9.19. The van der Waals surface area contributed by atoms with Gasteiger partial charge in [0.1, 0.15) is 5.82 Å². The van der Waals surface area contributed by atoms with Crippen LogP contribution >= 0.6 is 11.8 Å². The fraction of sp³-hybridized carbons (Fsp3) is 0.444. The molecule has 0 spiro atoms. The molecule has 0 amide bonds. The van der Waals surface area contributed by atoms with Crippen molar-refractivity contribution in [2.24, 2.45) is 0 Å².